The Labute approximate surface area is 175 Å². The molecule has 2 unspecified atom stereocenters. The highest BCUT2D eigenvalue weighted by Crippen LogP contribution is 2.20. The van der Waals surface area contributed by atoms with Crippen LogP contribution in [0.15, 0.2) is 59.6 Å². The fourth-order valence-electron chi connectivity index (χ4n) is 3.90. The third kappa shape index (κ3) is 6.58. The van der Waals surface area contributed by atoms with Crippen molar-refractivity contribution >= 4 is 5.96 Å². The van der Waals surface area contributed by atoms with E-state index in [4.69, 9.17) is 4.74 Å². The van der Waals surface area contributed by atoms with Crippen LogP contribution in [0.4, 0.5) is 0 Å². The van der Waals surface area contributed by atoms with Gasteiger partial charge in [0.25, 0.3) is 0 Å². The number of likely N-dealkylation sites (tertiary alicyclic amines) is 1. The van der Waals surface area contributed by atoms with E-state index >= 15 is 0 Å². The van der Waals surface area contributed by atoms with Crippen molar-refractivity contribution in [2.75, 3.05) is 20.7 Å². The van der Waals surface area contributed by atoms with Crippen molar-refractivity contribution < 1.29 is 4.74 Å². The maximum atomic E-state index is 5.17. The summed E-state index contributed by atoms with van der Waals surface area (Å²) >= 11 is 0. The van der Waals surface area contributed by atoms with Crippen LogP contribution in [0.1, 0.15) is 36.5 Å². The second-order valence-electron chi connectivity index (χ2n) is 7.85. The van der Waals surface area contributed by atoms with E-state index in [1.807, 2.05) is 7.05 Å². The smallest absolute Gasteiger partial charge is 0.191 e. The first-order valence-corrected chi connectivity index (χ1v) is 10.5. The first kappa shape index (κ1) is 21.3. The highest BCUT2D eigenvalue weighted by molar-refractivity contribution is 5.79. The van der Waals surface area contributed by atoms with Crippen molar-refractivity contribution in [2.24, 2.45) is 4.99 Å². The lowest BCUT2D eigenvalue weighted by Crippen LogP contribution is -2.51. The fourth-order valence-corrected chi connectivity index (χ4v) is 3.90. The lowest BCUT2D eigenvalue weighted by atomic mass is 9.97. The molecular weight excluding hydrogens is 360 g/mol. The number of hydrogen-bond acceptors (Lipinski definition) is 3. The van der Waals surface area contributed by atoms with Gasteiger partial charge in [-0.1, -0.05) is 54.6 Å². The van der Waals surface area contributed by atoms with Crippen LogP contribution < -0.4 is 10.6 Å². The zero-order chi connectivity index (χ0) is 20.5. The second kappa shape index (κ2) is 11.0. The average molecular weight is 395 g/mol. The summed E-state index contributed by atoms with van der Waals surface area (Å²) in [6.45, 7) is 5.87. The van der Waals surface area contributed by atoms with Gasteiger partial charge in [-0.05, 0) is 36.5 Å². The van der Waals surface area contributed by atoms with Crippen LogP contribution in [0.2, 0.25) is 0 Å². The van der Waals surface area contributed by atoms with Gasteiger partial charge in [0.05, 0.1) is 6.61 Å². The van der Waals surface area contributed by atoms with Crippen LogP contribution in [-0.4, -0.2) is 43.6 Å². The molecule has 0 radical (unpaired) electrons. The maximum Gasteiger partial charge on any atom is 0.191 e. The molecule has 0 aliphatic carbocycles. The number of hydrogen-bond donors (Lipinski definition) is 2. The van der Waals surface area contributed by atoms with Gasteiger partial charge in [-0.25, -0.2) is 0 Å². The molecule has 1 heterocycles. The monoisotopic (exact) mass is 394 g/mol. The van der Waals surface area contributed by atoms with Crippen molar-refractivity contribution in [1.29, 1.82) is 0 Å². The van der Waals surface area contributed by atoms with E-state index in [-0.39, 0.29) is 0 Å². The number of aliphatic imine (C=N–C) groups is 1. The SMILES string of the molecule is CN=C(NCc1ccc(COC)cc1)NC1CCN(Cc2ccccc2)C(C)C1. The normalized spacial score (nSPS) is 20.4. The number of nitrogens with one attached hydrogen (secondary N) is 2. The topological polar surface area (TPSA) is 48.9 Å². The molecule has 3 rings (SSSR count). The summed E-state index contributed by atoms with van der Waals surface area (Å²) in [5.74, 6) is 0.875. The van der Waals surface area contributed by atoms with E-state index in [1.165, 1.54) is 16.7 Å². The van der Waals surface area contributed by atoms with Crippen LogP contribution in [0.25, 0.3) is 0 Å². The zero-order valence-electron chi connectivity index (χ0n) is 17.9. The first-order chi connectivity index (χ1) is 14.2. The number of nitrogens with zero attached hydrogens (tertiary/aromatic N) is 2. The van der Waals surface area contributed by atoms with Gasteiger partial charge in [0.15, 0.2) is 5.96 Å². The summed E-state index contributed by atoms with van der Waals surface area (Å²) in [6.07, 6.45) is 2.25. The first-order valence-electron chi connectivity index (χ1n) is 10.5. The van der Waals surface area contributed by atoms with Crippen molar-refractivity contribution in [3.63, 3.8) is 0 Å². The van der Waals surface area contributed by atoms with Gasteiger partial charge in [0, 0.05) is 45.9 Å². The molecule has 0 spiro atoms. The summed E-state index contributed by atoms with van der Waals surface area (Å²) in [7, 11) is 3.56. The van der Waals surface area contributed by atoms with Gasteiger partial charge in [-0.2, -0.15) is 0 Å². The molecule has 2 aromatic rings. The summed E-state index contributed by atoms with van der Waals surface area (Å²) in [4.78, 5) is 6.99. The lowest BCUT2D eigenvalue weighted by Gasteiger charge is -2.38. The quantitative estimate of drug-likeness (QED) is 0.557. The predicted octanol–water partition coefficient (Wildman–Crippen LogP) is 3.55. The van der Waals surface area contributed by atoms with E-state index < -0.39 is 0 Å². The molecule has 29 heavy (non-hydrogen) atoms. The maximum absolute atomic E-state index is 5.17. The molecule has 1 saturated heterocycles. The molecule has 0 amide bonds. The summed E-state index contributed by atoms with van der Waals surface area (Å²) in [5, 5.41) is 7.06. The largest absolute Gasteiger partial charge is 0.380 e. The Bertz CT molecular complexity index is 760. The van der Waals surface area contributed by atoms with Gasteiger partial charge in [0.2, 0.25) is 0 Å². The minimum atomic E-state index is 0.451. The van der Waals surface area contributed by atoms with Gasteiger partial charge >= 0.3 is 0 Å². The number of benzene rings is 2. The Morgan fingerprint density at radius 3 is 2.45 bits per heavy atom. The molecular formula is C24H34N4O. The Hall–Kier alpha value is -2.37. The molecule has 2 aromatic carbocycles. The molecule has 1 fully saturated rings. The highest BCUT2D eigenvalue weighted by atomic mass is 16.5. The number of ether oxygens (including phenoxy) is 1. The van der Waals surface area contributed by atoms with Gasteiger partial charge in [-0.15, -0.1) is 0 Å². The van der Waals surface area contributed by atoms with Crippen LogP contribution in [0.5, 0.6) is 0 Å². The number of piperidine rings is 1. The predicted molar refractivity (Wildman–Crippen MR) is 120 cm³/mol. The third-order valence-corrected chi connectivity index (χ3v) is 5.60. The summed E-state index contributed by atoms with van der Waals surface area (Å²) in [5.41, 5.74) is 3.81. The van der Waals surface area contributed by atoms with Crippen molar-refractivity contribution in [3.05, 3.63) is 71.3 Å². The van der Waals surface area contributed by atoms with Crippen LogP contribution in [-0.2, 0) is 24.4 Å². The second-order valence-corrected chi connectivity index (χ2v) is 7.85. The third-order valence-electron chi connectivity index (χ3n) is 5.60. The average Bonchev–Trinajstić information content (AvgIpc) is 2.75. The minimum absolute atomic E-state index is 0.451. The summed E-state index contributed by atoms with van der Waals surface area (Å²) in [6, 6.07) is 20.2. The highest BCUT2D eigenvalue weighted by Gasteiger charge is 2.25. The van der Waals surface area contributed by atoms with Crippen LogP contribution >= 0.6 is 0 Å². The molecule has 0 bridgehead atoms. The van der Waals surface area contributed by atoms with E-state index in [9.17, 15) is 0 Å². The molecule has 0 aromatic heterocycles. The number of guanidine groups is 1. The standard InChI is InChI=1S/C24H34N4O/c1-19-15-23(13-14-28(19)17-21-7-5-4-6-8-21)27-24(25-2)26-16-20-9-11-22(12-10-20)18-29-3/h4-12,19,23H,13-18H2,1-3H3,(H2,25,26,27). The minimum Gasteiger partial charge on any atom is -0.380 e. The molecule has 156 valence electrons. The lowest BCUT2D eigenvalue weighted by molar-refractivity contribution is 0.134. The molecule has 1 aliphatic rings. The van der Waals surface area contributed by atoms with Crippen molar-refractivity contribution in [2.45, 2.75) is 51.5 Å². The molecule has 2 N–H and O–H groups in total. The molecule has 0 saturated carbocycles. The molecule has 2 atom stereocenters. The van der Waals surface area contributed by atoms with Crippen LogP contribution in [0.3, 0.4) is 0 Å². The number of rotatable bonds is 7. The molecule has 1 aliphatic heterocycles. The van der Waals surface area contributed by atoms with Crippen LogP contribution in [0, 0.1) is 0 Å². The Morgan fingerprint density at radius 1 is 1.07 bits per heavy atom. The molecule has 5 heteroatoms. The van der Waals surface area contributed by atoms with Crippen molar-refractivity contribution in [1.82, 2.24) is 15.5 Å². The Morgan fingerprint density at radius 2 is 1.79 bits per heavy atom. The van der Waals surface area contributed by atoms with E-state index in [1.54, 1.807) is 7.11 Å². The van der Waals surface area contributed by atoms with E-state index in [0.717, 1.165) is 38.4 Å². The van der Waals surface area contributed by atoms with E-state index in [2.05, 4.69) is 82.0 Å². The zero-order valence-corrected chi connectivity index (χ0v) is 17.9. The Balaban J connectivity index is 1.45. The molecule has 5 nitrogen and oxygen atoms in total. The van der Waals surface area contributed by atoms with Gasteiger partial charge < -0.3 is 15.4 Å². The van der Waals surface area contributed by atoms with Gasteiger partial charge in [0.1, 0.15) is 0 Å². The van der Waals surface area contributed by atoms with Crippen molar-refractivity contribution in [3.8, 4) is 0 Å². The van der Waals surface area contributed by atoms with E-state index in [0.29, 0.717) is 18.7 Å². The Kier molecular flexibility index (Phi) is 8.08. The summed E-state index contributed by atoms with van der Waals surface area (Å²) < 4.78 is 5.17. The fraction of sp³-hybridized carbons (Fsp3) is 0.458. The van der Waals surface area contributed by atoms with Gasteiger partial charge in [-0.3, -0.25) is 9.89 Å². The number of methoxy groups -OCH3 is 1.